The lowest BCUT2D eigenvalue weighted by molar-refractivity contribution is -0.136. The topological polar surface area (TPSA) is 105 Å². The maximum atomic E-state index is 12.7. The fourth-order valence-electron chi connectivity index (χ4n) is 3.34. The van der Waals surface area contributed by atoms with Crippen LogP contribution in [0.25, 0.3) is 0 Å². The quantitative estimate of drug-likeness (QED) is 0.153. The van der Waals surface area contributed by atoms with Crippen molar-refractivity contribution in [3.8, 4) is 23.7 Å². The summed E-state index contributed by atoms with van der Waals surface area (Å²) in [6.07, 6.45) is 0. The Hall–Kier alpha value is -0.360. The molecule has 48 heavy (non-hydrogen) atoms. The lowest BCUT2D eigenvalue weighted by Gasteiger charge is -2.02. The van der Waals surface area contributed by atoms with Crippen LogP contribution in [0.1, 0.15) is 0 Å². The molecule has 0 aliphatic carbocycles. The average molecular weight is 869 g/mol. The maximum Gasteiger partial charge on any atom is 0.346 e. The van der Waals surface area contributed by atoms with Gasteiger partial charge in [0, 0.05) is 0 Å². The Labute approximate surface area is 328 Å². The largest absolute Gasteiger partial charge is 0.465 e. The highest BCUT2D eigenvalue weighted by Crippen LogP contribution is 2.65. The molecule has 8 nitrogen and oxygen atoms in total. The SMILES string of the molecule is COC(=O)C1=C2SCC#CCSC3=C(C(=O)OC)S/C(=C4/SC(=C(C(=O)OC)S4)SCC#CCSC4=C(C(=O)OC)SC(=C(S2)S1)S4)S3. The van der Waals surface area contributed by atoms with Gasteiger partial charge in [0.15, 0.2) is 0 Å². The zero-order chi connectivity index (χ0) is 34.2. The molecule has 5 heterocycles. The van der Waals surface area contributed by atoms with Crippen molar-refractivity contribution in [3.63, 3.8) is 0 Å². The summed E-state index contributed by atoms with van der Waals surface area (Å²) in [7, 11) is 5.41. The van der Waals surface area contributed by atoms with Crippen molar-refractivity contribution in [1.29, 1.82) is 0 Å². The Bertz CT molecular complexity index is 1520. The van der Waals surface area contributed by atoms with Crippen LogP contribution in [0.4, 0.5) is 0 Å². The Morgan fingerprint density at radius 1 is 0.375 bits per heavy atom. The van der Waals surface area contributed by atoms with Gasteiger partial charge in [0.2, 0.25) is 0 Å². The molecule has 5 rings (SSSR count). The number of methoxy groups -OCH3 is 4. The van der Waals surface area contributed by atoms with Gasteiger partial charge in [-0.1, -0.05) is 118 Å². The molecule has 0 aromatic heterocycles. The minimum absolute atomic E-state index is 0.425. The summed E-state index contributed by atoms with van der Waals surface area (Å²) in [6.45, 7) is 0. The third-order valence-corrected chi connectivity index (χ3v) is 21.9. The summed E-state index contributed by atoms with van der Waals surface area (Å²) >= 11 is 17.0. The van der Waals surface area contributed by atoms with E-state index in [1.807, 2.05) is 0 Å². The summed E-state index contributed by atoms with van der Waals surface area (Å²) < 4.78 is 26.9. The fourth-order valence-corrected chi connectivity index (χ4v) is 19.4. The van der Waals surface area contributed by atoms with Crippen LogP contribution in [0.2, 0.25) is 0 Å². The number of hydrogen-bond acceptors (Lipinski definition) is 20. The van der Waals surface area contributed by atoms with E-state index >= 15 is 0 Å². The first-order valence-corrected chi connectivity index (χ1v) is 23.4. The summed E-state index contributed by atoms with van der Waals surface area (Å²) in [5.41, 5.74) is 0. The number of ether oxygens (including phenoxy) is 4. The number of carbonyl (C=O) groups is 4. The van der Waals surface area contributed by atoms with Crippen molar-refractivity contribution in [2.45, 2.75) is 0 Å². The summed E-state index contributed by atoms with van der Waals surface area (Å²) in [5.74, 6) is 12.7. The Kier molecular flexibility index (Phi) is 15.3. The summed E-state index contributed by atoms with van der Waals surface area (Å²) in [4.78, 5) is 52.6. The van der Waals surface area contributed by atoms with E-state index in [0.29, 0.717) is 42.6 Å². The number of fused-ring (bicyclic) bond motifs is 8. The van der Waals surface area contributed by atoms with Crippen molar-refractivity contribution in [2.24, 2.45) is 0 Å². The van der Waals surface area contributed by atoms with Gasteiger partial charge in [0.05, 0.1) is 85.3 Å². The van der Waals surface area contributed by atoms with E-state index in [1.54, 1.807) is 0 Å². The fraction of sp³-hybridized carbons (Fsp3) is 0.286. The second-order valence-electron chi connectivity index (χ2n) is 8.26. The molecule has 0 spiro atoms. The van der Waals surface area contributed by atoms with Crippen LogP contribution < -0.4 is 0 Å². The predicted molar refractivity (Wildman–Crippen MR) is 216 cm³/mol. The van der Waals surface area contributed by atoms with Gasteiger partial charge in [0.25, 0.3) is 0 Å². The summed E-state index contributed by atoms with van der Waals surface area (Å²) in [6, 6.07) is 0. The highest BCUT2D eigenvalue weighted by molar-refractivity contribution is 8.41. The number of esters is 4. The minimum atomic E-state index is -0.425. The van der Waals surface area contributed by atoms with Gasteiger partial charge >= 0.3 is 23.9 Å². The molecule has 0 N–H and O–H groups in total. The summed E-state index contributed by atoms with van der Waals surface area (Å²) in [5, 5.41) is 0. The van der Waals surface area contributed by atoms with Crippen molar-refractivity contribution >= 4 is 165 Å². The second-order valence-corrected chi connectivity index (χ2v) is 22.4. The number of thioether (sulfide) groups is 12. The molecule has 0 aromatic carbocycles. The average Bonchev–Trinajstić information content (AvgIpc) is 3.90. The minimum Gasteiger partial charge on any atom is -0.465 e. The Balaban J connectivity index is 1.43. The smallest absolute Gasteiger partial charge is 0.346 e. The van der Waals surface area contributed by atoms with E-state index < -0.39 is 23.9 Å². The molecule has 0 saturated carbocycles. The van der Waals surface area contributed by atoms with E-state index in [2.05, 4.69) is 23.7 Å². The van der Waals surface area contributed by atoms with E-state index in [0.717, 1.165) is 33.9 Å². The normalized spacial score (nSPS) is 21.8. The molecule has 0 saturated heterocycles. The Morgan fingerprint density at radius 2 is 0.583 bits per heavy atom. The van der Waals surface area contributed by atoms with E-state index in [4.69, 9.17) is 18.9 Å². The van der Waals surface area contributed by atoms with E-state index in [-0.39, 0.29) is 0 Å². The first-order chi connectivity index (χ1) is 23.3. The molecular formula is C28H20O8S12. The molecule has 0 unspecified atom stereocenters. The number of hydrogen-bond donors (Lipinski definition) is 0. The van der Waals surface area contributed by atoms with Crippen LogP contribution in [-0.4, -0.2) is 75.3 Å². The monoisotopic (exact) mass is 868 g/mol. The van der Waals surface area contributed by atoms with Gasteiger partial charge < -0.3 is 18.9 Å². The van der Waals surface area contributed by atoms with Crippen LogP contribution in [0.3, 0.4) is 0 Å². The molecule has 252 valence electrons. The van der Waals surface area contributed by atoms with Crippen LogP contribution in [0.5, 0.6) is 0 Å². The first kappa shape index (κ1) is 38.9. The van der Waals surface area contributed by atoms with Gasteiger partial charge in [-0.2, -0.15) is 0 Å². The molecule has 0 atom stereocenters. The van der Waals surface area contributed by atoms with Crippen molar-refractivity contribution in [3.05, 3.63) is 53.5 Å². The van der Waals surface area contributed by atoms with Gasteiger partial charge in [-0.3, -0.25) is 0 Å². The second kappa shape index (κ2) is 18.9. The van der Waals surface area contributed by atoms with Gasteiger partial charge in [0.1, 0.15) is 19.6 Å². The highest BCUT2D eigenvalue weighted by atomic mass is 32.3. The van der Waals surface area contributed by atoms with Crippen LogP contribution in [-0.2, 0) is 38.1 Å². The van der Waals surface area contributed by atoms with Gasteiger partial charge in [-0.25, -0.2) is 19.2 Å². The van der Waals surface area contributed by atoms with Crippen LogP contribution >= 0.6 is 141 Å². The molecule has 0 aromatic rings. The molecule has 8 bridgehead atoms. The number of rotatable bonds is 4. The van der Waals surface area contributed by atoms with E-state index in [1.165, 1.54) is 170 Å². The molecule has 5 aliphatic heterocycles. The van der Waals surface area contributed by atoms with Crippen molar-refractivity contribution in [1.82, 2.24) is 0 Å². The molecule has 0 radical (unpaired) electrons. The highest BCUT2D eigenvalue weighted by Gasteiger charge is 2.37. The van der Waals surface area contributed by atoms with Crippen LogP contribution in [0, 0.1) is 23.7 Å². The van der Waals surface area contributed by atoms with Gasteiger partial charge in [-0.15, -0.1) is 47.0 Å². The predicted octanol–water partition coefficient (Wildman–Crippen LogP) is 8.48. The van der Waals surface area contributed by atoms with Crippen molar-refractivity contribution < 1.29 is 38.1 Å². The maximum absolute atomic E-state index is 12.7. The zero-order valence-corrected chi connectivity index (χ0v) is 34.8. The standard InChI is InChI=1S/C28H20O8S12/c1-33-17(29)13-21-37-9-5-6-10-39-23-15(19(31)35-3)43-27(47-23)28-44-16(20(32)36-4)24(48-28)40-12-8-7-11-38-22-14(18(30)34-2)42-26(46-22)25(41-13)45-21/h9-12H2,1-4H3/b26-25-,28-27?. The molecular weight excluding hydrogens is 849 g/mol. The molecule has 0 fully saturated rings. The molecule has 0 amide bonds. The molecule has 20 heteroatoms. The molecule has 5 aliphatic rings. The van der Waals surface area contributed by atoms with Gasteiger partial charge in [-0.05, 0) is 0 Å². The first-order valence-electron chi connectivity index (χ1n) is 12.9. The number of carbonyl (C=O) groups excluding carboxylic acids is 4. The lowest BCUT2D eigenvalue weighted by atomic mass is 10.6. The Morgan fingerprint density at radius 3 is 0.771 bits per heavy atom. The third kappa shape index (κ3) is 9.54. The lowest BCUT2D eigenvalue weighted by Crippen LogP contribution is -2.01. The van der Waals surface area contributed by atoms with Crippen LogP contribution in [0.15, 0.2) is 53.5 Å². The third-order valence-electron chi connectivity index (χ3n) is 5.43. The van der Waals surface area contributed by atoms with Crippen molar-refractivity contribution in [2.75, 3.05) is 51.5 Å². The van der Waals surface area contributed by atoms with E-state index in [9.17, 15) is 19.2 Å². The zero-order valence-electron chi connectivity index (χ0n) is 25.0.